The molecule has 0 aliphatic rings. The molecular weight excluding hydrogens is 241 g/mol. The normalized spacial score (nSPS) is 11.6. The van der Waals surface area contributed by atoms with Crippen molar-refractivity contribution in [3.8, 4) is 5.75 Å². The van der Waals surface area contributed by atoms with Crippen LogP contribution in [0, 0.1) is 5.82 Å². The van der Waals surface area contributed by atoms with Gasteiger partial charge in [0, 0.05) is 6.07 Å². The molecule has 0 aromatic heterocycles. The molecule has 96 valence electrons. The fourth-order valence-corrected chi connectivity index (χ4v) is 1.32. The molecule has 1 aromatic rings. The SMILES string of the molecule is C=CCC(NC(=O)c1ccc(F)cc1O)C(=O)O. The van der Waals surface area contributed by atoms with E-state index in [9.17, 15) is 19.1 Å². The molecule has 5 nitrogen and oxygen atoms in total. The van der Waals surface area contributed by atoms with Crippen molar-refractivity contribution in [2.45, 2.75) is 12.5 Å². The number of phenolic OH excluding ortho intramolecular Hbond substituents is 1. The Bertz CT molecular complexity index is 487. The predicted molar refractivity (Wildman–Crippen MR) is 61.8 cm³/mol. The van der Waals surface area contributed by atoms with Gasteiger partial charge in [0.25, 0.3) is 5.91 Å². The summed E-state index contributed by atoms with van der Waals surface area (Å²) in [5.41, 5.74) is -0.188. The van der Waals surface area contributed by atoms with Crippen LogP contribution in [-0.4, -0.2) is 28.1 Å². The van der Waals surface area contributed by atoms with E-state index in [1.54, 1.807) is 0 Å². The number of aromatic hydroxyl groups is 1. The average Bonchev–Trinajstić information content (AvgIpc) is 2.27. The quantitative estimate of drug-likeness (QED) is 0.690. The largest absolute Gasteiger partial charge is 0.507 e. The van der Waals surface area contributed by atoms with E-state index in [1.807, 2.05) is 0 Å². The molecule has 1 amide bonds. The van der Waals surface area contributed by atoms with E-state index in [2.05, 4.69) is 11.9 Å². The van der Waals surface area contributed by atoms with E-state index < -0.39 is 29.5 Å². The number of nitrogens with one attached hydrogen (secondary N) is 1. The van der Waals surface area contributed by atoms with Gasteiger partial charge in [0.15, 0.2) is 0 Å². The molecule has 3 N–H and O–H groups in total. The fourth-order valence-electron chi connectivity index (χ4n) is 1.32. The molecule has 0 saturated carbocycles. The van der Waals surface area contributed by atoms with Gasteiger partial charge >= 0.3 is 5.97 Å². The van der Waals surface area contributed by atoms with E-state index in [-0.39, 0.29) is 12.0 Å². The first-order valence-corrected chi connectivity index (χ1v) is 5.08. The number of rotatable bonds is 5. The number of hydrogen-bond acceptors (Lipinski definition) is 3. The van der Waals surface area contributed by atoms with Crippen LogP contribution in [0.1, 0.15) is 16.8 Å². The van der Waals surface area contributed by atoms with Crippen LogP contribution in [0.5, 0.6) is 5.75 Å². The predicted octanol–water partition coefficient (Wildman–Crippen LogP) is 1.29. The maximum absolute atomic E-state index is 12.7. The highest BCUT2D eigenvalue weighted by Crippen LogP contribution is 2.18. The summed E-state index contributed by atoms with van der Waals surface area (Å²) >= 11 is 0. The molecule has 18 heavy (non-hydrogen) atoms. The molecule has 0 radical (unpaired) electrons. The number of carboxylic acid groups (broad SMARTS) is 1. The van der Waals surface area contributed by atoms with Crippen molar-refractivity contribution < 1.29 is 24.2 Å². The summed E-state index contributed by atoms with van der Waals surface area (Å²) in [4.78, 5) is 22.5. The summed E-state index contributed by atoms with van der Waals surface area (Å²) < 4.78 is 12.7. The minimum absolute atomic E-state index is 0.0447. The maximum atomic E-state index is 12.7. The third-order valence-corrected chi connectivity index (χ3v) is 2.21. The summed E-state index contributed by atoms with van der Waals surface area (Å²) in [6.45, 7) is 3.38. The lowest BCUT2D eigenvalue weighted by atomic mass is 10.1. The molecule has 1 atom stereocenters. The Morgan fingerprint density at radius 3 is 2.67 bits per heavy atom. The first-order valence-electron chi connectivity index (χ1n) is 5.08. The van der Waals surface area contributed by atoms with Gasteiger partial charge in [0.05, 0.1) is 5.56 Å². The molecule has 0 aliphatic heterocycles. The van der Waals surface area contributed by atoms with Crippen molar-refractivity contribution in [2.75, 3.05) is 0 Å². The topological polar surface area (TPSA) is 86.6 Å². The average molecular weight is 253 g/mol. The van der Waals surface area contributed by atoms with Crippen LogP contribution in [0.15, 0.2) is 30.9 Å². The smallest absolute Gasteiger partial charge is 0.326 e. The lowest BCUT2D eigenvalue weighted by molar-refractivity contribution is -0.139. The van der Waals surface area contributed by atoms with Crippen LogP contribution in [0.25, 0.3) is 0 Å². The minimum atomic E-state index is -1.22. The van der Waals surface area contributed by atoms with Crippen LogP contribution >= 0.6 is 0 Å². The Hall–Kier alpha value is -2.37. The van der Waals surface area contributed by atoms with Gasteiger partial charge in [-0.2, -0.15) is 0 Å². The van der Waals surface area contributed by atoms with E-state index in [0.717, 1.165) is 18.2 Å². The van der Waals surface area contributed by atoms with Crippen LogP contribution in [0.4, 0.5) is 4.39 Å². The van der Waals surface area contributed by atoms with Crippen LogP contribution in [-0.2, 0) is 4.79 Å². The number of carboxylic acids is 1. The molecule has 0 spiro atoms. The third-order valence-electron chi connectivity index (χ3n) is 2.21. The second-order valence-electron chi connectivity index (χ2n) is 3.55. The minimum Gasteiger partial charge on any atom is -0.507 e. The zero-order valence-corrected chi connectivity index (χ0v) is 9.39. The summed E-state index contributed by atoms with van der Waals surface area (Å²) in [6.07, 6.45) is 1.40. The Kier molecular flexibility index (Phi) is 4.42. The van der Waals surface area contributed by atoms with Crippen LogP contribution in [0.2, 0.25) is 0 Å². The number of amides is 1. The third kappa shape index (κ3) is 3.31. The highest BCUT2D eigenvalue weighted by molar-refractivity contribution is 5.98. The van der Waals surface area contributed by atoms with Crippen molar-refractivity contribution in [3.05, 3.63) is 42.2 Å². The molecule has 1 rings (SSSR count). The second-order valence-corrected chi connectivity index (χ2v) is 3.55. The Balaban J connectivity index is 2.86. The first kappa shape index (κ1) is 13.7. The van der Waals surface area contributed by atoms with Crippen LogP contribution in [0.3, 0.4) is 0 Å². The molecule has 0 fully saturated rings. The standard InChI is InChI=1S/C12H12FNO4/c1-2-3-9(12(17)18)14-11(16)8-5-4-7(13)6-10(8)15/h2,4-6,9,15H,1,3H2,(H,14,16)(H,17,18). The van der Waals surface area contributed by atoms with Crippen molar-refractivity contribution in [2.24, 2.45) is 0 Å². The van der Waals surface area contributed by atoms with Gasteiger partial charge in [-0.1, -0.05) is 6.08 Å². The molecule has 0 bridgehead atoms. The number of carbonyl (C=O) groups is 2. The number of benzene rings is 1. The van der Waals surface area contributed by atoms with E-state index in [1.165, 1.54) is 6.08 Å². The monoisotopic (exact) mass is 253 g/mol. The van der Waals surface area contributed by atoms with Gasteiger partial charge in [0.2, 0.25) is 0 Å². The zero-order chi connectivity index (χ0) is 13.7. The van der Waals surface area contributed by atoms with Gasteiger partial charge in [0.1, 0.15) is 17.6 Å². The molecular formula is C12H12FNO4. The number of hydrogen-bond donors (Lipinski definition) is 3. The van der Waals surface area contributed by atoms with Crippen molar-refractivity contribution in [1.29, 1.82) is 0 Å². The molecule has 1 aromatic carbocycles. The summed E-state index contributed by atoms with van der Waals surface area (Å²) in [5, 5.41) is 20.4. The maximum Gasteiger partial charge on any atom is 0.326 e. The van der Waals surface area contributed by atoms with Gasteiger partial charge in [-0.15, -0.1) is 6.58 Å². The molecule has 0 aliphatic carbocycles. The van der Waals surface area contributed by atoms with Crippen molar-refractivity contribution in [1.82, 2.24) is 5.32 Å². The van der Waals surface area contributed by atoms with E-state index in [4.69, 9.17) is 5.11 Å². The number of carbonyl (C=O) groups excluding carboxylic acids is 1. The van der Waals surface area contributed by atoms with Gasteiger partial charge in [-0.25, -0.2) is 9.18 Å². The Labute approximate surface area is 103 Å². The number of phenols is 1. The lowest BCUT2D eigenvalue weighted by Crippen LogP contribution is -2.40. The van der Waals surface area contributed by atoms with E-state index in [0.29, 0.717) is 0 Å². The number of aliphatic carboxylic acids is 1. The molecule has 1 unspecified atom stereocenters. The summed E-state index contributed by atoms with van der Waals surface area (Å²) in [5.74, 6) is -3.24. The van der Waals surface area contributed by atoms with E-state index >= 15 is 0 Å². The zero-order valence-electron chi connectivity index (χ0n) is 9.39. The molecule has 0 saturated heterocycles. The highest BCUT2D eigenvalue weighted by Gasteiger charge is 2.20. The molecule has 0 heterocycles. The van der Waals surface area contributed by atoms with Gasteiger partial charge < -0.3 is 15.5 Å². The van der Waals surface area contributed by atoms with Gasteiger partial charge in [-0.05, 0) is 18.6 Å². The summed E-state index contributed by atoms with van der Waals surface area (Å²) in [6, 6.07) is 1.71. The van der Waals surface area contributed by atoms with Crippen LogP contribution < -0.4 is 5.32 Å². The highest BCUT2D eigenvalue weighted by atomic mass is 19.1. The summed E-state index contributed by atoms with van der Waals surface area (Å²) in [7, 11) is 0. The van der Waals surface area contributed by atoms with Crippen molar-refractivity contribution in [3.63, 3.8) is 0 Å². The lowest BCUT2D eigenvalue weighted by Gasteiger charge is -2.13. The first-order chi connectivity index (χ1) is 8.45. The Morgan fingerprint density at radius 1 is 1.50 bits per heavy atom. The fraction of sp³-hybridized carbons (Fsp3) is 0.167. The second kappa shape index (κ2) is 5.81. The Morgan fingerprint density at radius 2 is 2.17 bits per heavy atom. The number of halogens is 1. The van der Waals surface area contributed by atoms with Crippen molar-refractivity contribution >= 4 is 11.9 Å². The van der Waals surface area contributed by atoms with Gasteiger partial charge in [-0.3, -0.25) is 4.79 Å². The molecule has 6 heteroatoms.